The van der Waals surface area contributed by atoms with E-state index < -0.39 is 0 Å². The fourth-order valence-electron chi connectivity index (χ4n) is 4.35. The van der Waals surface area contributed by atoms with E-state index in [0.717, 1.165) is 6.42 Å². The summed E-state index contributed by atoms with van der Waals surface area (Å²) in [7, 11) is 3.92. The zero-order chi connectivity index (χ0) is 27.2. The van der Waals surface area contributed by atoms with E-state index in [0.29, 0.717) is 65.0 Å². The van der Waals surface area contributed by atoms with Crippen molar-refractivity contribution in [3.63, 3.8) is 0 Å². The summed E-state index contributed by atoms with van der Waals surface area (Å²) in [6, 6.07) is 18.4. The van der Waals surface area contributed by atoms with Crippen molar-refractivity contribution in [1.29, 1.82) is 5.26 Å². The first-order valence-electron chi connectivity index (χ1n) is 12.6. The summed E-state index contributed by atoms with van der Waals surface area (Å²) in [6.45, 7) is 1.94. The van der Waals surface area contributed by atoms with Gasteiger partial charge in [0, 0.05) is 50.1 Å². The van der Waals surface area contributed by atoms with Crippen LogP contribution in [0.5, 0.6) is 23.0 Å². The molecule has 2 aromatic heterocycles. The Bertz CT molecular complexity index is 1530. The van der Waals surface area contributed by atoms with E-state index in [1.165, 1.54) is 0 Å². The molecule has 0 radical (unpaired) electrons. The lowest BCUT2D eigenvalue weighted by Gasteiger charge is -2.16. The molecular formula is C29H29N7O3. The van der Waals surface area contributed by atoms with Gasteiger partial charge in [-0.3, -0.25) is 9.89 Å². The van der Waals surface area contributed by atoms with Crippen molar-refractivity contribution in [2.24, 2.45) is 0 Å². The molecule has 0 bridgehead atoms. The van der Waals surface area contributed by atoms with Crippen LogP contribution in [0.2, 0.25) is 0 Å². The quantitative estimate of drug-likeness (QED) is 0.307. The SMILES string of the molecule is CN(C)CC=CC(=O)N1CC[C@@H](Nc2n[nH]c3nccc(Oc4ccc(Oc5ccccc5)cc4C#N)c23)C1. The molecule has 1 atom stereocenters. The van der Waals surface area contributed by atoms with Crippen LogP contribution >= 0.6 is 0 Å². The standard InChI is InChI=1S/C29H29N7O3/c1-35(2)15-6-9-26(37)36-16-13-21(19-36)32-29-27-25(12-14-31-28(27)33-34-29)39-24-11-10-23(17-20(24)18-30)38-22-7-4-3-5-8-22/h3-12,14,17,21H,13,15-16,19H2,1-2H3,(H2,31,32,33,34)/t21-/m1/s1. The predicted molar refractivity (Wildman–Crippen MR) is 148 cm³/mol. The molecule has 1 fully saturated rings. The van der Waals surface area contributed by atoms with E-state index >= 15 is 0 Å². The number of pyridine rings is 1. The molecule has 0 spiro atoms. The number of likely N-dealkylation sites (tertiary alicyclic amines) is 1. The van der Waals surface area contributed by atoms with Crippen LogP contribution in [-0.4, -0.2) is 70.7 Å². The molecule has 4 aromatic rings. The molecular weight excluding hydrogens is 494 g/mol. The summed E-state index contributed by atoms with van der Waals surface area (Å²) in [5.41, 5.74) is 0.883. The van der Waals surface area contributed by atoms with Crippen molar-refractivity contribution < 1.29 is 14.3 Å². The lowest BCUT2D eigenvalue weighted by molar-refractivity contribution is -0.125. The minimum atomic E-state index is 0.00227. The Morgan fingerprint density at radius 1 is 1.18 bits per heavy atom. The van der Waals surface area contributed by atoms with Gasteiger partial charge in [0.25, 0.3) is 0 Å². The maximum Gasteiger partial charge on any atom is 0.246 e. The number of likely N-dealkylation sites (N-methyl/N-ethyl adjacent to an activating group) is 1. The van der Waals surface area contributed by atoms with Gasteiger partial charge in [0.1, 0.15) is 34.5 Å². The van der Waals surface area contributed by atoms with Crippen molar-refractivity contribution in [1.82, 2.24) is 25.0 Å². The number of nitriles is 1. The summed E-state index contributed by atoms with van der Waals surface area (Å²) in [4.78, 5) is 20.7. The van der Waals surface area contributed by atoms with Crippen LogP contribution in [0.25, 0.3) is 11.0 Å². The Hall–Kier alpha value is -4.88. The number of nitrogens with zero attached hydrogens (tertiary/aromatic N) is 5. The number of H-pyrrole nitrogens is 1. The second kappa shape index (κ2) is 11.7. The van der Waals surface area contributed by atoms with E-state index in [1.807, 2.05) is 60.3 Å². The minimum absolute atomic E-state index is 0.00227. The van der Waals surface area contributed by atoms with E-state index in [-0.39, 0.29) is 11.9 Å². The maximum atomic E-state index is 12.5. The Morgan fingerprint density at radius 3 is 2.82 bits per heavy atom. The number of carbonyl (C=O) groups excluding carboxylic acids is 1. The first kappa shape index (κ1) is 25.8. The largest absolute Gasteiger partial charge is 0.457 e. The number of benzene rings is 2. The summed E-state index contributed by atoms with van der Waals surface area (Å²) in [6.07, 6.45) is 5.91. The molecule has 0 saturated carbocycles. The third-order valence-corrected chi connectivity index (χ3v) is 6.27. The van der Waals surface area contributed by atoms with Crippen molar-refractivity contribution in [3.05, 3.63) is 78.5 Å². The zero-order valence-corrected chi connectivity index (χ0v) is 21.8. The lowest BCUT2D eigenvalue weighted by Crippen LogP contribution is -2.30. The van der Waals surface area contributed by atoms with E-state index in [2.05, 4.69) is 26.6 Å². The number of para-hydroxylation sites is 1. The van der Waals surface area contributed by atoms with Gasteiger partial charge >= 0.3 is 0 Å². The molecule has 2 N–H and O–H groups in total. The summed E-state index contributed by atoms with van der Waals surface area (Å²) < 4.78 is 12.1. The number of aromatic amines is 1. The Kier molecular flexibility index (Phi) is 7.70. The third-order valence-electron chi connectivity index (χ3n) is 6.27. The highest BCUT2D eigenvalue weighted by atomic mass is 16.5. The highest BCUT2D eigenvalue weighted by Gasteiger charge is 2.27. The molecule has 5 rings (SSSR count). The van der Waals surface area contributed by atoms with E-state index in [4.69, 9.17) is 9.47 Å². The van der Waals surface area contributed by atoms with Crippen molar-refractivity contribution in [3.8, 4) is 29.1 Å². The Morgan fingerprint density at radius 2 is 2.03 bits per heavy atom. The Labute approximate surface area is 226 Å². The third kappa shape index (κ3) is 6.17. The molecule has 10 nitrogen and oxygen atoms in total. The van der Waals surface area contributed by atoms with Gasteiger partial charge in [0.15, 0.2) is 11.5 Å². The van der Waals surface area contributed by atoms with Crippen LogP contribution in [0.1, 0.15) is 12.0 Å². The number of carbonyl (C=O) groups is 1. The van der Waals surface area contributed by atoms with E-state index in [1.54, 1.807) is 36.5 Å². The first-order valence-corrected chi connectivity index (χ1v) is 12.6. The van der Waals surface area contributed by atoms with Gasteiger partial charge in [0.05, 0.1) is 5.56 Å². The number of amides is 1. The molecule has 2 aromatic carbocycles. The number of hydrogen-bond donors (Lipinski definition) is 2. The average Bonchev–Trinajstić information content (AvgIpc) is 3.58. The molecule has 1 aliphatic heterocycles. The van der Waals surface area contributed by atoms with Crippen LogP contribution in [0.3, 0.4) is 0 Å². The van der Waals surface area contributed by atoms with Gasteiger partial charge in [-0.15, -0.1) is 0 Å². The molecule has 1 amide bonds. The van der Waals surface area contributed by atoms with Crippen molar-refractivity contribution in [2.75, 3.05) is 39.0 Å². The molecule has 1 aliphatic rings. The van der Waals surface area contributed by atoms with Crippen molar-refractivity contribution >= 4 is 22.8 Å². The fraction of sp³-hybridized carbons (Fsp3) is 0.241. The highest BCUT2D eigenvalue weighted by molar-refractivity contribution is 5.93. The minimum Gasteiger partial charge on any atom is -0.457 e. The van der Waals surface area contributed by atoms with Crippen molar-refractivity contribution in [2.45, 2.75) is 12.5 Å². The van der Waals surface area contributed by atoms with Gasteiger partial charge in [0.2, 0.25) is 5.91 Å². The topological polar surface area (TPSA) is 119 Å². The predicted octanol–water partition coefficient (Wildman–Crippen LogP) is 4.54. The van der Waals surface area contributed by atoms with Crippen LogP contribution in [0.15, 0.2) is 72.9 Å². The molecule has 0 aliphatic carbocycles. The molecule has 3 heterocycles. The number of hydrogen-bond acceptors (Lipinski definition) is 8. The highest BCUT2D eigenvalue weighted by Crippen LogP contribution is 2.36. The van der Waals surface area contributed by atoms with E-state index in [9.17, 15) is 10.1 Å². The number of nitrogens with one attached hydrogen (secondary N) is 2. The molecule has 198 valence electrons. The first-order chi connectivity index (χ1) is 19.0. The van der Waals surface area contributed by atoms with Gasteiger partial charge in [-0.1, -0.05) is 24.3 Å². The molecule has 0 unspecified atom stereocenters. The summed E-state index contributed by atoms with van der Waals surface area (Å²) in [5, 5.41) is 21.3. The lowest BCUT2D eigenvalue weighted by atomic mass is 10.2. The van der Waals surface area contributed by atoms with Crippen LogP contribution in [-0.2, 0) is 4.79 Å². The Balaban J connectivity index is 1.31. The maximum absolute atomic E-state index is 12.5. The second-order valence-corrected chi connectivity index (χ2v) is 9.47. The molecule has 39 heavy (non-hydrogen) atoms. The number of aromatic nitrogens is 3. The van der Waals surface area contributed by atoms with Gasteiger partial charge in [-0.2, -0.15) is 10.4 Å². The smallest absolute Gasteiger partial charge is 0.246 e. The average molecular weight is 524 g/mol. The number of ether oxygens (including phenoxy) is 2. The number of fused-ring (bicyclic) bond motifs is 1. The van der Waals surface area contributed by atoms with Crippen LogP contribution in [0.4, 0.5) is 5.82 Å². The number of anilines is 1. The normalized spacial score (nSPS) is 15.1. The van der Waals surface area contributed by atoms with Gasteiger partial charge < -0.3 is 24.6 Å². The van der Waals surface area contributed by atoms with Gasteiger partial charge in [-0.05, 0) is 44.8 Å². The van der Waals surface area contributed by atoms with Crippen LogP contribution < -0.4 is 14.8 Å². The molecule has 1 saturated heterocycles. The fourth-order valence-corrected chi connectivity index (χ4v) is 4.35. The zero-order valence-electron chi connectivity index (χ0n) is 21.8. The second-order valence-electron chi connectivity index (χ2n) is 9.47. The van der Waals surface area contributed by atoms with Gasteiger partial charge in [-0.25, -0.2) is 4.98 Å². The summed E-state index contributed by atoms with van der Waals surface area (Å²) >= 11 is 0. The monoisotopic (exact) mass is 523 g/mol. The molecule has 10 heteroatoms. The summed E-state index contributed by atoms with van der Waals surface area (Å²) in [5.74, 6) is 2.69. The number of rotatable bonds is 9. The van der Waals surface area contributed by atoms with Crippen LogP contribution in [0, 0.1) is 11.3 Å².